The lowest BCUT2D eigenvalue weighted by Crippen LogP contribution is -2.30. The van der Waals surface area contributed by atoms with E-state index in [9.17, 15) is 14.4 Å². The van der Waals surface area contributed by atoms with E-state index in [2.05, 4.69) is 34.6 Å². The van der Waals surface area contributed by atoms with Crippen LogP contribution in [0.5, 0.6) is 0 Å². The molecule has 0 aliphatic carbocycles. The van der Waals surface area contributed by atoms with Gasteiger partial charge in [0.1, 0.15) is 13.2 Å². The predicted molar refractivity (Wildman–Crippen MR) is 243 cm³/mol. The topological polar surface area (TPSA) is 78.9 Å². The van der Waals surface area contributed by atoms with Crippen molar-refractivity contribution < 1.29 is 28.6 Å². The maximum atomic E-state index is 12.7. The summed E-state index contributed by atoms with van der Waals surface area (Å²) in [5.74, 6) is 0.749. The summed E-state index contributed by atoms with van der Waals surface area (Å²) in [6.07, 6.45) is 43.9. The Morgan fingerprint density at radius 1 is 0.333 bits per heavy atom. The number of hydrogen-bond donors (Lipinski definition) is 0. The molecule has 6 nitrogen and oxygen atoms in total. The molecule has 0 radical (unpaired) electrons. The summed E-state index contributed by atoms with van der Waals surface area (Å²) in [5.41, 5.74) is 0. The van der Waals surface area contributed by atoms with Gasteiger partial charge in [0, 0.05) is 19.3 Å². The Balaban J connectivity index is 4.24. The van der Waals surface area contributed by atoms with Crippen molar-refractivity contribution in [2.24, 2.45) is 11.8 Å². The lowest BCUT2D eigenvalue weighted by Gasteiger charge is -2.18. The van der Waals surface area contributed by atoms with Crippen LogP contribution in [0.4, 0.5) is 0 Å². The predicted octanol–water partition coefficient (Wildman–Crippen LogP) is 16.1. The molecule has 6 heteroatoms. The second-order valence-corrected chi connectivity index (χ2v) is 18.4. The molecule has 0 aromatic heterocycles. The lowest BCUT2D eigenvalue weighted by atomic mass is 10.0. The van der Waals surface area contributed by atoms with Gasteiger partial charge in [-0.3, -0.25) is 14.4 Å². The molecule has 0 amide bonds. The van der Waals surface area contributed by atoms with Gasteiger partial charge >= 0.3 is 17.9 Å². The summed E-state index contributed by atoms with van der Waals surface area (Å²) in [6.45, 7) is 11.3. The SMILES string of the molecule is CCCCCCCCCCCCCCCC(=O)OC[C@H](COC(=O)CCCCCCCCCCCCCCCCC(C)C)OC(=O)CCCCCCCCC(C)C. The molecule has 0 fully saturated rings. The zero-order valence-corrected chi connectivity index (χ0v) is 39.0. The molecule has 0 aliphatic rings. The van der Waals surface area contributed by atoms with Gasteiger partial charge in [0.2, 0.25) is 0 Å². The first-order chi connectivity index (χ1) is 27.7. The molecular weight excluding hydrogens is 709 g/mol. The third kappa shape index (κ3) is 45.3. The molecule has 0 bridgehead atoms. The molecule has 0 rings (SSSR count). The van der Waals surface area contributed by atoms with Crippen LogP contribution in [0.25, 0.3) is 0 Å². The average molecular weight is 807 g/mol. The van der Waals surface area contributed by atoms with E-state index in [-0.39, 0.29) is 31.1 Å². The quantitative estimate of drug-likeness (QED) is 0.0346. The third-order valence-electron chi connectivity index (χ3n) is 11.5. The number of hydrogen-bond acceptors (Lipinski definition) is 6. The smallest absolute Gasteiger partial charge is 0.306 e. The van der Waals surface area contributed by atoms with Gasteiger partial charge in [0.15, 0.2) is 6.10 Å². The monoisotopic (exact) mass is 807 g/mol. The summed E-state index contributed by atoms with van der Waals surface area (Å²) in [4.78, 5) is 37.8. The largest absolute Gasteiger partial charge is 0.462 e. The Morgan fingerprint density at radius 2 is 0.579 bits per heavy atom. The van der Waals surface area contributed by atoms with Gasteiger partial charge < -0.3 is 14.2 Å². The van der Waals surface area contributed by atoms with Crippen molar-refractivity contribution in [3.8, 4) is 0 Å². The molecule has 0 aromatic carbocycles. The molecule has 338 valence electrons. The summed E-state index contributed by atoms with van der Waals surface area (Å²) < 4.78 is 16.8. The van der Waals surface area contributed by atoms with Gasteiger partial charge in [-0.05, 0) is 31.1 Å². The van der Waals surface area contributed by atoms with Gasteiger partial charge in [0.25, 0.3) is 0 Å². The maximum Gasteiger partial charge on any atom is 0.306 e. The molecule has 0 aliphatic heterocycles. The molecule has 1 atom stereocenters. The van der Waals surface area contributed by atoms with Gasteiger partial charge in [-0.15, -0.1) is 0 Å². The number of esters is 3. The minimum absolute atomic E-state index is 0.0649. The Kier molecular flexibility index (Phi) is 42.7. The van der Waals surface area contributed by atoms with Crippen molar-refractivity contribution in [2.75, 3.05) is 13.2 Å². The van der Waals surface area contributed by atoms with Gasteiger partial charge in [-0.1, -0.05) is 240 Å². The summed E-state index contributed by atoms with van der Waals surface area (Å²) in [6, 6.07) is 0. The molecule has 0 unspecified atom stereocenters. The molecule has 0 saturated heterocycles. The van der Waals surface area contributed by atoms with Crippen molar-refractivity contribution in [1.82, 2.24) is 0 Å². The van der Waals surface area contributed by atoms with Gasteiger partial charge in [-0.2, -0.15) is 0 Å². The van der Waals surface area contributed by atoms with E-state index >= 15 is 0 Å². The molecular formula is C51H98O6. The number of carbonyl (C=O) groups is 3. The first-order valence-electron chi connectivity index (χ1n) is 25.2. The lowest BCUT2D eigenvalue weighted by molar-refractivity contribution is -0.167. The first-order valence-corrected chi connectivity index (χ1v) is 25.2. The maximum absolute atomic E-state index is 12.7. The van der Waals surface area contributed by atoms with Gasteiger partial charge in [0.05, 0.1) is 0 Å². The zero-order valence-electron chi connectivity index (χ0n) is 39.0. The van der Waals surface area contributed by atoms with E-state index in [0.717, 1.165) is 69.6 Å². The number of carbonyl (C=O) groups excluding carboxylic acids is 3. The summed E-state index contributed by atoms with van der Waals surface area (Å²) in [7, 11) is 0. The van der Waals surface area contributed by atoms with Crippen LogP contribution < -0.4 is 0 Å². The molecule has 0 heterocycles. The molecule has 0 N–H and O–H groups in total. The van der Waals surface area contributed by atoms with E-state index in [1.54, 1.807) is 0 Å². The van der Waals surface area contributed by atoms with E-state index in [1.165, 1.54) is 167 Å². The number of unbranched alkanes of at least 4 members (excludes halogenated alkanes) is 30. The van der Waals surface area contributed by atoms with Crippen molar-refractivity contribution in [3.63, 3.8) is 0 Å². The van der Waals surface area contributed by atoms with Crippen molar-refractivity contribution in [2.45, 2.75) is 285 Å². The average Bonchev–Trinajstić information content (AvgIpc) is 3.18. The normalized spacial score (nSPS) is 12.1. The third-order valence-corrected chi connectivity index (χ3v) is 11.5. The minimum Gasteiger partial charge on any atom is -0.462 e. The molecule has 57 heavy (non-hydrogen) atoms. The Hall–Kier alpha value is -1.59. The van der Waals surface area contributed by atoms with Crippen LogP contribution in [0, 0.1) is 11.8 Å². The summed E-state index contributed by atoms with van der Waals surface area (Å²) >= 11 is 0. The van der Waals surface area contributed by atoms with E-state index in [4.69, 9.17) is 14.2 Å². The molecule has 0 spiro atoms. The minimum atomic E-state index is -0.761. The van der Waals surface area contributed by atoms with E-state index in [1.807, 2.05) is 0 Å². The van der Waals surface area contributed by atoms with E-state index < -0.39 is 6.10 Å². The first kappa shape index (κ1) is 55.4. The highest BCUT2D eigenvalue weighted by Crippen LogP contribution is 2.17. The molecule has 0 saturated carbocycles. The highest BCUT2D eigenvalue weighted by Gasteiger charge is 2.19. The fraction of sp³-hybridized carbons (Fsp3) is 0.941. The van der Waals surface area contributed by atoms with E-state index in [0.29, 0.717) is 19.3 Å². The van der Waals surface area contributed by atoms with Crippen LogP contribution in [0.1, 0.15) is 279 Å². The Morgan fingerprint density at radius 3 is 0.860 bits per heavy atom. The van der Waals surface area contributed by atoms with Gasteiger partial charge in [-0.25, -0.2) is 0 Å². The van der Waals surface area contributed by atoms with Crippen molar-refractivity contribution in [3.05, 3.63) is 0 Å². The number of rotatable bonds is 45. The fourth-order valence-electron chi connectivity index (χ4n) is 7.64. The molecule has 0 aromatic rings. The van der Waals surface area contributed by atoms with Crippen LogP contribution >= 0.6 is 0 Å². The second-order valence-electron chi connectivity index (χ2n) is 18.4. The standard InChI is InChI=1S/C51H98O6/c1-6-7-8-9-10-11-12-15-19-22-25-31-36-41-49(52)55-44-48(57-51(54)43-38-33-28-27-30-35-40-47(4)5)45-56-50(53)42-37-32-26-23-20-17-14-13-16-18-21-24-29-34-39-46(2)3/h46-48H,6-45H2,1-5H3/t48-/m1/s1. The Labute approximate surface area is 355 Å². The highest BCUT2D eigenvalue weighted by molar-refractivity contribution is 5.71. The van der Waals surface area contributed by atoms with Crippen LogP contribution in [-0.4, -0.2) is 37.2 Å². The number of ether oxygens (including phenoxy) is 3. The summed E-state index contributed by atoms with van der Waals surface area (Å²) in [5, 5.41) is 0. The second kappa shape index (κ2) is 44.0. The van der Waals surface area contributed by atoms with Crippen molar-refractivity contribution >= 4 is 17.9 Å². The zero-order chi connectivity index (χ0) is 41.9. The fourth-order valence-corrected chi connectivity index (χ4v) is 7.64. The highest BCUT2D eigenvalue weighted by atomic mass is 16.6. The van der Waals surface area contributed by atoms with Crippen LogP contribution in [-0.2, 0) is 28.6 Å². The van der Waals surface area contributed by atoms with Crippen LogP contribution in [0.3, 0.4) is 0 Å². The van der Waals surface area contributed by atoms with Crippen LogP contribution in [0.2, 0.25) is 0 Å². The van der Waals surface area contributed by atoms with Crippen molar-refractivity contribution in [1.29, 1.82) is 0 Å². The Bertz CT molecular complexity index is 870. The van der Waals surface area contributed by atoms with Crippen LogP contribution in [0.15, 0.2) is 0 Å².